The van der Waals surface area contributed by atoms with E-state index >= 15 is 0 Å². The average Bonchev–Trinajstić information content (AvgIpc) is 1.90. The molecule has 1 radical (unpaired) electrons. The second-order valence-electron chi connectivity index (χ2n) is 1.29. The van der Waals surface area contributed by atoms with Crippen LogP contribution in [0, 0.1) is 6.07 Å². The van der Waals surface area contributed by atoms with Gasteiger partial charge in [0, 0.05) is 0 Å². The van der Waals surface area contributed by atoms with E-state index in [9.17, 15) is 0 Å². The molecule has 0 saturated heterocycles. The van der Waals surface area contributed by atoms with Crippen molar-refractivity contribution < 1.29 is 14.7 Å². The molecule has 0 unspecified atom stereocenters. The van der Waals surface area contributed by atoms with Gasteiger partial charge in [-0.3, -0.25) is 0 Å². The quantitative estimate of drug-likeness (QED) is 0.599. The molecule has 1 aromatic rings. The fraction of sp³-hybridized carbons (Fsp3) is 0. The van der Waals surface area contributed by atoms with Gasteiger partial charge in [0.05, 0.1) is 0 Å². The summed E-state index contributed by atoms with van der Waals surface area (Å²) >= 11 is -1.92. The molecule has 0 nitrogen and oxygen atoms in total. The van der Waals surface area contributed by atoms with Crippen molar-refractivity contribution in [2.75, 3.05) is 0 Å². The van der Waals surface area contributed by atoms with Gasteiger partial charge < -0.3 is 0 Å². The Balaban J connectivity index is 0.000000180. The van der Waals surface area contributed by atoms with E-state index < -0.39 is 14.7 Å². The molecular formula is C6H5Cl3Ti. The number of rotatable bonds is 0. The molecule has 54 valence electrons. The summed E-state index contributed by atoms with van der Waals surface area (Å²) in [7, 11) is 14.9. The molecule has 10 heavy (non-hydrogen) atoms. The van der Waals surface area contributed by atoms with Crippen LogP contribution in [-0.4, -0.2) is 0 Å². The third kappa shape index (κ3) is 11.6. The van der Waals surface area contributed by atoms with E-state index in [-0.39, 0.29) is 0 Å². The summed E-state index contributed by atoms with van der Waals surface area (Å²) in [5.41, 5.74) is 0. The minimum absolute atomic E-state index is 1.88. The molecule has 4 heteroatoms. The fourth-order valence-electron chi connectivity index (χ4n) is 0.342. The molecule has 0 N–H and O–H groups in total. The van der Waals surface area contributed by atoms with Crippen LogP contribution < -0.4 is 0 Å². The topological polar surface area (TPSA) is 0 Å². The van der Waals surface area contributed by atoms with Crippen LogP contribution in [0.5, 0.6) is 0 Å². The average molecular weight is 231 g/mol. The first-order chi connectivity index (χ1) is 4.73. The smallest absolute Gasteiger partial charge is 0.0184 e. The summed E-state index contributed by atoms with van der Waals surface area (Å²) in [6, 6.07) is 12.5. The maximum Gasteiger partial charge on any atom is -0.0184 e. The van der Waals surface area contributed by atoms with Crippen LogP contribution in [0.2, 0.25) is 0 Å². The van der Waals surface area contributed by atoms with Crippen molar-refractivity contribution in [3.05, 3.63) is 36.4 Å². The van der Waals surface area contributed by atoms with Crippen LogP contribution >= 0.6 is 27.9 Å². The molecular weight excluding hydrogens is 226 g/mol. The van der Waals surface area contributed by atoms with Gasteiger partial charge in [-0.05, 0) is 6.07 Å². The van der Waals surface area contributed by atoms with Gasteiger partial charge in [0.15, 0.2) is 0 Å². The molecule has 0 spiro atoms. The Morgan fingerprint density at radius 2 is 1.30 bits per heavy atom. The van der Waals surface area contributed by atoms with E-state index in [0.717, 1.165) is 0 Å². The molecule has 0 saturated carbocycles. The second-order valence-corrected chi connectivity index (χ2v) is 9.03. The van der Waals surface area contributed by atoms with Crippen molar-refractivity contribution in [2.24, 2.45) is 0 Å². The van der Waals surface area contributed by atoms with E-state index in [0.29, 0.717) is 0 Å². The van der Waals surface area contributed by atoms with E-state index in [4.69, 9.17) is 27.9 Å². The van der Waals surface area contributed by atoms with Crippen LogP contribution in [0.1, 0.15) is 0 Å². The Bertz CT molecular complexity index is 113. The monoisotopic (exact) mass is 230 g/mol. The SMILES string of the molecule is [Cl][Ti]([Cl])[Cl].[c]1ccccc1. The first kappa shape index (κ1) is 10.8. The molecule has 0 fully saturated rings. The number of halogens is 3. The Labute approximate surface area is 78.6 Å². The maximum absolute atomic E-state index is 4.97. The second kappa shape index (κ2) is 7.91. The summed E-state index contributed by atoms with van der Waals surface area (Å²) in [5.74, 6) is 0. The summed E-state index contributed by atoms with van der Waals surface area (Å²) in [6.45, 7) is 0. The van der Waals surface area contributed by atoms with Crippen molar-refractivity contribution >= 4 is 27.9 Å². The van der Waals surface area contributed by atoms with Gasteiger partial charge in [0.1, 0.15) is 0 Å². The van der Waals surface area contributed by atoms with Crippen molar-refractivity contribution in [3.8, 4) is 0 Å². The third-order valence-corrected chi connectivity index (χ3v) is 0.607. The standard InChI is InChI=1S/C6H5.3ClH.Ti/c1-2-4-6-5-3-1;;;;/h1-5H;3*1H;/q;;;;+3/p-3. The first-order valence-electron chi connectivity index (χ1n) is 2.48. The molecule has 1 rings (SSSR count). The summed E-state index contributed by atoms with van der Waals surface area (Å²) in [6.07, 6.45) is 0. The third-order valence-electron chi connectivity index (χ3n) is 0.607. The molecule has 0 atom stereocenters. The van der Waals surface area contributed by atoms with Crippen LogP contribution in [0.4, 0.5) is 0 Å². The predicted molar refractivity (Wildman–Crippen MR) is 42.8 cm³/mol. The molecule has 1 aromatic carbocycles. The largest absolute Gasteiger partial charge is 0.0622 e. The predicted octanol–water partition coefficient (Wildman–Crippen LogP) is 3.55. The first-order valence-corrected chi connectivity index (χ1v) is 8.92. The van der Waals surface area contributed by atoms with Crippen molar-refractivity contribution in [1.82, 2.24) is 0 Å². The van der Waals surface area contributed by atoms with Crippen molar-refractivity contribution in [3.63, 3.8) is 0 Å². The van der Waals surface area contributed by atoms with E-state index in [1.54, 1.807) is 0 Å². The zero-order chi connectivity index (χ0) is 7.82. The maximum atomic E-state index is 4.97. The van der Waals surface area contributed by atoms with Gasteiger partial charge in [-0.2, -0.15) is 0 Å². The van der Waals surface area contributed by atoms with E-state index in [1.807, 2.05) is 30.3 Å². The number of hydrogen-bond acceptors (Lipinski definition) is 0. The molecule has 0 amide bonds. The Morgan fingerprint density at radius 3 is 1.40 bits per heavy atom. The van der Waals surface area contributed by atoms with Crippen LogP contribution in [0.3, 0.4) is 0 Å². The van der Waals surface area contributed by atoms with E-state index in [2.05, 4.69) is 6.07 Å². The molecule has 0 aromatic heterocycles. The minimum atomic E-state index is -1.92. The molecule has 0 aliphatic heterocycles. The molecule has 0 aliphatic rings. The number of hydrogen-bond donors (Lipinski definition) is 0. The van der Waals surface area contributed by atoms with Gasteiger partial charge in [-0.1, -0.05) is 30.3 Å². The zero-order valence-corrected chi connectivity index (χ0v) is 8.85. The molecule has 0 heterocycles. The Hall–Kier alpha value is 0.804. The summed E-state index contributed by atoms with van der Waals surface area (Å²) in [5, 5.41) is 0. The van der Waals surface area contributed by atoms with Gasteiger partial charge in [0.25, 0.3) is 0 Å². The number of benzene rings is 1. The normalized spacial score (nSPS) is 7.50. The van der Waals surface area contributed by atoms with Gasteiger partial charge in [-0.25, -0.2) is 0 Å². The molecule has 0 bridgehead atoms. The summed E-state index contributed by atoms with van der Waals surface area (Å²) < 4.78 is 0. The van der Waals surface area contributed by atoms with Crippen LogP contribution in [-0.2, 0) is 14.7 Å². The van der Waals surface area contributed by atoms with Crippen LogP contribution in [0.25, 0.3) is 0 Å². The van der Waals surface area contributed by atoms with Crippen LogP contribution in [0.15, 0.2) is 30.3 Å². The Morgan fingerprint density at radius 1 is 0.900 bits per heavy atom. The zero-order valence-electron chi connectivity index (χ0n) is 5.02. The fourth-order valence-corrected chi connectivity index (χ4v) is 0.342. The van der Waals surface area contributed by atoms with E-state index in [1.165, 1.54) is 0 Å². The van der Waals surface area contributed by atoms with Crippen molar-refractivity contribution in [2.45, 2.75) is 0 Å². The van der Waals surface area contributed by atoms with Gasteiger partial charge >= 0.3 is 42.6 Å². The van der Waals surface area contributed by atoms with Gasteiger partial charge in [0.2, 0.25) is 0 Å². The summed E-state index contributed by atoms with van der Waals surface area (Å²) in [4.78, 5) is 0. The van der Waals surface area contributed by atoms with Gasteiger partial charge in [-0.15, -0.1) is 0 Å². The molecule has 0 aliphatic carbocycles. The Kier molecular flexibility index (Phi) is 8.54. The minimum Gasteiger partial charge on any atom is -0.0622 e. The van der Waals surface area contributed by atoms with Crippen molar-refractivity contribution in [1.29, 1.82) is 0 Å².